The van der Waals surface area contributed by atoms with Crippen LogP contribution in [0.5, 0.6) is 5.75 Å². The molecule has 1 N–H and O–H groups in total. The molecule has 3 rings (SSSR count). The second-order valence-corrected chi connectivity index (χ2v) is 7.53. The highest BCUT2D eigenvalue weighted by Crippen LogP contribution is 2.30. The highest BCUT2D eigenvalue weighted by atomic mass is 79.9. The summed E-state index contributed by atoms with van der Waals surface area (Å²) in [6, 6.07) is 11.3. The molecule has 0 bridgehead atoms. The average molecular weight is 425 g/mol. The molecule has 0 radical (unpaired) electrons. The first-order valence-electron chi connectivity index (χ1n) is 8.25. The lowest BCUT2D eigenvalue weighted by Crippen LogP contribution is -2.46. The third-order valence-electron chi connectivity index (χ3n) is 3.93. The molecule has 1 saturated heterocycles. The molecule has 7 heteroatoms. The Labute approximate surface area is 160 Å². The van der Waals surface area contributed by atoms with Gasteiger partial charge in [0.25, 0.3) is 0 Å². The number of ether oxygens (including phenoxy) is 2. The van der Waals surface area contributed by atoms with E-state index in [1.807, 2.05) is 41.8 Å². The van der Waals surface area contributed by atoms with Gasteiger partial charge < -0.3 is 14.8 Å². The van der Waals surface area contributed by atoms with Crippen LogP contribution in [0, 0.1) is 0 Å². The average Bonchev–Trinajstić information content (AvgIpc) is 3.07. The van der Waals surface area contributed by atoms with Crippen LogP contribution in [-0.4, -0.2) is 50.3 Å². The molecule has 1 amide bonds. The third kappa shape index (κ3) is 5.28. The number of hydrogen-bond acceptors (Lipinski definition) is 5. The van der Waals surface area contributed by atoms with Gasteiger partial charge in [-0.2, -0.15) is 0 Å². The maximum Gasteiger partial charge on any atom is 0.242 e. The first kappa shape index (κ1) is 18.4. The molecular formula is C18H21BrN2O3S. The van der Waals surface area contributed by atoms with Crippen molar-refractivity contribution in [1.29, 1.82) is 0 Å². The standard InChI is InChI=1S/C18H21BrN2O3S/c19-14-12-16(25-13-14)17(21-7-10-23-11-8-21)18(22)20-6-9-24-15-4-2-1-3-5-15/h1-5,12-13,17H,6-11H2,(H,20,22)/t17-/m0/s1. The molecule has 2 aromatic rings. The second kappa shape index (κ2) is 9.33. The number of nitrogens with one attached hydrogen (secondary N) is 1. The van der Waals surface area contributed by atoms with Crippen molar-refractivity contribution in [2.45, 2.75) is 6.04 Å². The largest absolute Gasteiger partial charge is 0.492 e. The van der Waals surface area contributed by atoms with Crippen LogP contribution in [-0.2, 0) is 9.53 Å². The first-order chi connectivity index (χ1) is 12.2. The summed E-state index contributed by atoms with van der Waals surface area (Å²) in [7, 11) is 0. The Morgan fingerprint density at radius 3 is 2.76 bits per heavy atom. The van der Waals surface area contributed by atoms with Crippen LogP contribution in [0.3, 0.4) is 0 Å². The quantitative estimate of drug-likeness (QED) is 0.693. The van der Waals surface area contributed by atoms with Crippen molar-refractivity contribution >= 4 is 33.2 Å². The SMILES string of the molecule is O=C(NCCOc1ccccc1)[C@H](c1cc(Br)cs1)N1CCOCC1. The van der Waals surface area contributed by atoms with Gasteiger partial charge in [-0.25, -0.2) is 0 Å². The summed E-state index contributed by atoms with van der Waals surface area (Å²) in [5.74, 6) is 0.816. The predicted molar refractivity (Wildman–Crippen MR) is 102 cm³/mol. The molecule has 1 aromatic heterocycles. The highest BCUT2D eigenvalue weighted by molar-refractivity contribution is 9.10. The van der Waals surface area contributed by atoms with E-state index in [9.17, 15) is 4.79 Å². The molecule has 0 aliphatic carbocycles. The van der Waals surface area contributed by atoms with Crippen molar-refractivity contribution < 1.29 is 14.3 Å². The molecule has 1 aliphatic rings. The Hall–Kier alpha value is -1.41. The topological polar surface area (TPSA) is 50.8 Å². The van der Waals surface area contributed by atoms with E-state index in [-0.39, 0.29) is 11.9 Å². The number of carbonyl (C=O) groups is 1. The summed E-state index contributed by atoms with van der Waals surface area (Å²) in [5.41, 5.74) is 0. The van der Waals surface area contributed by atoms with Crippen molar-refractivity contribution in [3.63, 3.8) is 0 Å². The Bertz CT molecular complexity index is 674. The number of hydrogen-bond donors (Lipinski definition) is 1. The van der Waals surface area contributed by atoms with E-state index < -0.39 is 0 Å². The minimum absolute atomic E-state index is 0.00733. The van der Waals surface area contributed by atoms with Crippen LogP contribution in [0.1, 0.15) is 10.9 Å². The van der Waals surface area contributed by atoms with Gasteiger partial charge in [0.1, 0.15) is 18.4 Å². The molecule has 2 heterocycles. The summed E-state index contributed by atoms with van der Waals surface area (Å²) >= 11 is 5.07. The lowest BCUT2D eigenvalue weighted by molar-refractivity contribution is -0.128. The van der Waals surface area contributed by atoms with Crippen molar-refractivity contribution in [3.8, 4) is 5.75 Å². The zero-order valence-electron chi connectivity index (χ0n) is 13.8. The fraction of sp³-hybridized carbons (Fsp3) is 0.389. The van der Waals surface area contributed by atoms with E-state index in [2.05, 4.69) is 26.1 Å². The molecule has 1 atom stereocenters. The number of para-hydroxylation sites is 1. The molecule has 1 fully saturated rings. The van der Waals surface area contributed by atoms with E-state index in [4.69, 9.17) is 9.47 Å². The molecular weight excluding hydrogens is 404 g/mol. The summed E-state index contributed by atoms with van der Waals surface area (Å²) in [6.07, 6.45) is 0. The smallest absolute Gasteiger partial charge is 0.242 e. The molecule has 0 spiro atoms. The highest BCUT2D eigenvalue weighted by Gasteiger charge is 2.30. The number of halogens is 1. The minimum atomic E-state index is -0.281. The fourth-order valence-corrected chi connectivity index (χ4v) is 4.31. The second-order valence-electron chi connectivity index (χ2n) is 5.67. The fourth-order valence-electron chi connectivity index (χ4n) is 2.74. The van der Waals surface area contributed by atoms with E-state index in [0.29, 0.717) is 26.4 Å². The third-order valence-corrected chi connectivity index (χ3v) is 5.68. The van der Waals surface area contributed by atoms with Crippen molar-refractivity contribution in [1.82, 2.24) is 10.2 Å². The number of amides is 1. The van der Waals surface area contributed by atoms with Gasteiger partial charge in [-0.1, -0.05) is 18.2 Å². The van der Waals surface area contributed by atoms with Gasteiger partial charge in [-0.3, -0.25) is 9.69 Å². The maximum atomic E-state index is 12.8. The number of thiophene rings is 1. The summed E-state index contributed by atoms with van der Waals surface area (Å²) in [4.78, 5) is 16.0. The van der Waals surface area contributed by atoms with E-state index in [1.54, 1.807) is 11.3 Å². The van der Waals surface area contributed by atoms with Crippen molar-refractivity contribution in [2.75, 3.05) is 39.5 Å². The number of nitrogens with zero attached hydrogens (tertiary/aromatic N) is 1. The normalized spacial score (nSPS) is 16.4. The van der Waals surface area contributed by atoms with Crippen molar-refractivity contribution in [3.05, 3.63) is 51.1 Å². The van der Waals surface area contributed by atoms with Gasteiger partial charge >= 0.3 is 0 Å². The molecule has 25 heavy (non-hydrogen) atoms. The zero-order chi connectivity index (χ0) is 17.5. The van der Waals surface area contributed by atoms with Crippen LogP contribution in [0.15, 0.2) is 46.3 Å². The molecule has 0 saturated carbocycles. The van der Waals surface area contributed by atoms with Crippen LogP contribution < -0.4 is 10.1 Å². The monoisotopic (exact) mass is 424 g/mol. The number of morpholine rings is 1. The lowest BCUT2D eigenvalue weighted by Gasteiger charge is -2.33. The molecule has 5 nitrogen and oxygen atoms in total. The molecule has 1 aliphatic heterocycles. The van der Waals surface area contributed by atoms with Gasteiger partial charge in [0.15, 0.2) is 0 Å². The number of rotatable bonds is 7. The molecule has 1 aromatic carbocycles. The zero-order valence-corrected chi connectivity index (χ0v) is 16.2. The van der Waals surface area contributed by atoms with Gasteiger partial charge in [-0.15, -0.1) is 11.3 Å². The number of benzene rings is 1. The maximum absolute atomic E-state index is 12.8. The van der Waals surface area contributed by atoms with Gasteiger partial charge in [0.05, 0.1) is 19.8 Å². The van der Waals surface area contributed by atoms with Gasteiger partial charge in [0, 0.05) is 27.8 Å². The van der Waals surface area contributed by atoms with E-state index in [0.717, 1.165) is 28.2 Å². The van der Waals surface area contributed by atoms with Gasteiger partial charge in [0.2, 0.25) is 5.91 Å². The number of carbonyl (C=O) groups excluding carboxylic acids is 1. The van der Waals surface area contributed by atoms with Crippen molar-refractivity contribution in [2.24, 2.45) is 0 Å². The predicted octanol–water partition coefficient (Wildman–Crippen LogP) is 3.08. The van der Waals surface area contributed by atoms with Crippen LogP contribution in [0.2, 0.25) is 0 Å². The Kier molecular flexibility index (Phi) is 6.86. The van der Waals surface area contributed by atoms with Crippen LogP contribution in [0.25, 0.3) is 0 Å². The van der Waals surface area contributed by atoms with E-state index in [1.165, 1.54) is 0 Å². The van der Waals surface area contributed by atoms with Crippen LogP contribution in [0.4, 0.5) is 0 Å². The Morgan fingerprint density at radius 2 is 2.08 bits per heavy atom. The summed E-state index contributed by atoms with van der Waals surface area (Å²) in [6.45, 7) is 3.75. The first-order valence-corrected chi connectivity index (χ1v) is 9.92. The molecule has 0 unspecified atom stereocenters. The van der Waals surface area contributed by atoms with Gasteiger partial charge in [-0.05, 0) is 34.1 Å². The summed E-state index contributed by atoms with van der Waals surface area (Å²) in [5, 5.41) is 5.01. The Morgan fingerprint density at radius 1 is 1.32 bits per heavy atom. The molecule has 134 valence electrons. The van der Waals surface area contributed by atoms with E-state index >= 15 is 0 Å². The Balaban J connectivity index is 1.57. The van der Waals surface area contributed by atoms with Crippen LogP contribution >= 0.6 is 27.3 Å². The minimum Gasteiger partial charge on any atom is -0.492 e. The lowest BCUT2D eigenvalue weighted by atomic mass is 10.1. The summed E-state index contributed by atoms with van der Waals surface area (Å²) < 4.78 is 12.1.